The molecule has 0 unspecified atom stereocenters. The second-order valence-electron chi connectivity index (χ2n) is 7.52. The molecule has 3 aromatic heterocycles. The maximum Gasteiger partial charge on any atom is 0.253 e. The molecule has 0 atom stereocenters. The van der Waals surface area contributed by atoms with Crippen LogP contribution in [0.5, 0.6) is 0 Å². The number of thiazole rings is 1. The van der Waals surface area contributed by atoms with Crippen molar-refractivity contribution < 1.29 is 9.18 Å². The molecule has 0 bridgehead atoms. The largest absolute Gasteiger partial charge is 0.375 e. The number of hydrogen-bond donors (Lipinski definition) is 1. The Hall–Kier alpha value is -3.59. The van der Waals surface area contributed by atoms with Gasteiger partial charge in [0.25, 0.3) is 5.91 Å². The predicted molar refractivity (Wildman–Crippen MR) is 118 cm³/mol. The van der Waals surface area contributed by atoms with Crippen molar-refractivity contribution in [1.29, 1.82) is 0 Å². The molecule has 0 radical (unpaired) electrons. The second-order valence-corrected chi connectivity index (χ2v) is 8.55. The Bertz CT molecular complexity index is 1310. The standard InChI is InChI=1S/C22H19FN6OS/c1-28(2)21(30)12-5-8-17(15(23)10-12)29-19-14(6-7-16-20(19)31-22(24)26-16)18(27-29)13-4-3-9-25-11-13/h3-5,8-11H,6-7H2,1-2H3,(H2,24,26). The van der Waals surface area contributed by atoms with Gasteiger partial charge in [0.05, 0.1) is 22.0 Å². The number of rotatable bonds is 3. The number of benzene rings is 1. The highest BCUT2D eigenvalue weighted by Crippen LogP contribution is 2.43. The number of aryl methyl sites for hydroxylation is 1. The molecular weight excluding hydrogens is 415 g/mol. The SMILES string of the molecule is CN(C)C(=O)c1ccc(-n2nc(-c3cccnc3)c3c2-c2sc(N)nc2CC3)c(F)c1. The number of amides is 1. The Labute approximate surface area is 182 Å². The summed E-state index contributed by atoms with van der Waals surface area (Å²) in [6.45, 7) is 0. The number of nitrogen functional groups attached to an aromatic ring is 1. The van der Waals surface area contributed by atoms with Crippen molar-refractivity contribution in [2.24, 2.45) is 0 Å². The van der Waals surface area contributed by atoms with E-state index in [1.54, 1.807) is 43.3 Å². The van der Waals surface area contributed by atoms with Crippen molar-refractivity contribution >= 4 is 22.4 Å². The van der Waals surface area contributed by atoms with Crippen LogP contribution in [0.3, 0.4) is 0 Å². The van der Waals surface area contributed by atoms with Crippen molar-refractivity contribution in [2.45, 2.75) is 12.8 Å². The Morgan fingerprint density at radius 2 is 2.10 bits per heavy atom. The summed E-state index contributed by atoms with van der Waals surface area (Å²) in [6, 6.07) is 8.24. The van der Waals surface area contributed by atoms with Crippen LogP contribution in [0, 0.1) is 5.82 Å². The molecule has 5 rings (SSSR count). The number of nitrogens with two attached hydrogens (primary N) is 1. The highest BCUT2D eigenvalue weighted by Gasteiger charge is 2.30. The number of pyridine rings is 1. The molecule has 0 spiro atoms. The predicted octanol–water partition coefficient (Wildman–Crippen LogP) is 3.58. The molecule has 9 heteroatoms. The third-order valence-corrected chi connectivity index (χ3v) is 6.22. The highest BCUT2D eigenvalue weighted by molar-refractivity contribution is 7.18. The Morgan fingerprint density at radius 1 is 1.26 bits per heavy atom. The van der Waals surface area contributed by atoms with Crippen LogP contribution in [0.2, 0.25) is 0 Å². The van der Waals surface area contributed by atoms with Crippen molar-refractivity contribution in [2.75, 3.05) is 19.8 Å². The molecule has 31 heavy (non-hydrogen) atoms. The van der Waals surface area contributed by atoms with Crippen molar-refractivity contribution in [3.63, 3.8) is 0 Å². The summed E-state index contributed by atoms with van der Waals surface area (Å²) in [7, 11) is 3.27. The molecular formula is C22H19FN6OS. The zero-order valence-electron chi connectivity index (χ0n) is 17.0. The van der Waals surface area contributed by atoms with E-state index < -0.39 is 5.82 Å². The van der Waals surface area contributed by atoms with Crippen LogP contribution in [0.1, 0.15) is 21.6 Å². The van der Waals surface area contributed by atoms with E-state index in [4.69, 9.17) is 10.8 Å². The van der Waals surface area contributed by atoms with Gasteiger partial charge in [0.2, 0.25) is 0 Å². The summed E-state index contributed by atoms with van der Waals surface area (Å²) in [5, 5.41) is 5.26. The number of carbonyl (C=O) groups excluding carboxylic acids is 1. The van der Waals surface area contributed by atoms with Gasteiger partial charge in [-0.25, -0.2) is 14.1 Å². The minimum atomic E-state index is -0.527. The first kappa shape index (κ1) is 19.4. The van der Waals surface area contributed by atoms with Gasteiger partial charge in [-0.3, -0.25) is 9.78 Å². The third kappa shape index (κ3) is 3.17. The van der Waals surface area contributed by atoms with Gasteiger partial charge in [-0.05, 0) is 43.2 Å². The van der Waals surface area contributed by atoms with E-state index in [1.807, 2.05) is 12.1 Å². The van der Waals surface area contributed by atoms with Gasteiger partial charge >= 0.3 is 0 Å². The first-order valence-corrected chi connectivity index (χ1v) is 10.5. The average molecular weight is 435 g/mol. The van der Waals surface area contributed by atoms with Gasteiger partial charge in [0.15, 0.2) is 5.13 Å². The lowest BCUT2D eigenvalue weighted by Crippen LogP contribution is -2.22. The van der Waals surface area contributed by atoms with Gasteiger partial charge in [-0.1, -0.05) is 11.3 Å². The van der Waals surface area contributed by atoms with Gasteiger partial charge in [0.1, 0.15) is 11.5 Å². The fourth-order valence-corrected chi connectivity index (χ4v) is 4.80. The number of nitrogens with zero attached hydrogens (tertiary/aromatic N) is 5. The maximum absolute atomic E-state index is 15.2. The fourth-order valence-electron chi connectivity index (χ4n) is 3.87. The lowest BCUT2D eigenvalue weighted by molar-refractivity contribution is 0.0827. The van der Waals surface area contributed by atoms with Gasteiger partial charge in [0, 0.05) is 43.2 Å². The van der Waals surface area contributed by atoms with Crippen LogP contribution < -0.4 is 5.73 Å². The molecule has 2 N–H and O–H groups in total. The summed E-state index contributed by atoms with van der Waals surface area (Å²) in [5.74, 6) is -0.790. The molecule has 4 aromatic rings. The van der Waals surface area contributed by atoms with Gasteiger partial charge in [-0.15, -0.1) is 0 Å². The summed E-state index contributed by atoms with van der Waals surface area (Å²) in [4.78, 5) is 23.2. The average Bonchev–Trinajstić information content (AvgIpc) is 3.33. The summed E-state index contributed by atoms with van der Waals surface area (Å²) in [6.07, 6.45) is 4.91. The monoisotopic (exact) mass is 434 g/mol. The number of halogens is 1. The Balaban J connectivity index is 1.73. The van der Waals surface area contributed by atoms with Crippen molar-refractivity contribution in [1.82, 2.24) is 24.6 Å². The number of carbonyl (C=O) groups is 1. The molecule has 3 heterocycles. The summed E-state index contributed by atoms with van der Waals surface area (Å²) < 4.78 is 16.8. The summed E-state index contributed by atoms with van der Waals surface area (Å²) in [5.41, 5.74) is 10.8. The van der Waals surface area contributed by atoms with E-state index in [0.29, 0.717) is 11.6 Å². The van der Waals surface area contributed by atoms with Crippen LogP contribution in [-0.2, 0) is 12.8 Å². The normalized spacial score (nSPS) is 12.4. The summed E-state index contributed by atoms with van der Waals surface area (Å²) >= 11 is 1.38. The molecule has 7 nitrogen and oxygen atoms in total. The maximum atomic E-state index is 15.2. The van der Waals surface area contributed by atoms with E-state index in [2.05, 4.69) is 9.97 Å². The minimum absolute atomic E-state index is 0.262. The Morgan fingerprint density at radius 3 is 2.81 bits per heavy atom. The molecule has 1 aromatic carbocycles. The first-order chi connectivity index (χ1) is 14.9. The van der Waals surface area contributed by atoms with Crippen LogP contribution in [0.4, 0.5) is 9.52 Å². The number of fused-ring (bicyclic) bond motifs is 3. The zero-order chi connectivity index (χ0) is 21.7. The van der Waals surface area contributed by atoms with E-state index in [0.717, 1.165) is 39.5 Å². The van der Waals surface area contributed by atoms with E-state index in [9.17, 15) is 4.79 Å². The quantitative estimate of drug-likeness (QED) is 0.532. The van der Waals surface area contributed by atoms with Crippen LogP contribution >= 0.6 is 11.3 Å². The fraction of sp³-hybridized carbons (Fsp3) is 0.182. The highest BCUT2D eigenvalue weighted by atomic mass is 32.1. The first-order valence-electron chi connectivity index (χ1n) is 9.73. The molecule has 1 amide bonds. The van der Waals surface area contributed by atoms with Crippen LogP contribution in [0.25, 0.3) is 27.5 Å². The zero-order valence-corrected chi connectivity index (χ0v) is 17.8. The molecule has 0 fully saturated rings. The molecule has 0 saturated heterocycles. The van der Waals surface area contributed by atoms with Crippen LogP contribution in [0.15, 0.2) is 42.7 Å². The second kappa shape index (κ2) is 7.28. The molecule has 0 saturated carbocycles. The minimum Gasteiger partial charge on any atom is -0.375 e. The van der Waals surface area contributed by atoms with Crippen molar-refractivity contribution in [3.8, 4) is 27.5 Å². The lowest BCUT2D eigenvalue weighted by atomic mass is 9.95. The number of aromatic nitrogens is 4. The smallest absolute Gasteiger partial charge is 0.253 e. The molecule has 1 aliphatic carbocycles. The third-order valence-electron chi connectivity index (χ3n) is 5.29. The van der Waals surface area contributed by atoms with E-state index >= 15 is 4.39 Å². The van der Waals surface area contributed by atoms with Crippen molar-refractivity contribution in [3.05, 3.63) is 65.4 Å². The lowest BCUT2D eigenvalue weighted by Gasteiger charge is -2.15. The Kier molecular flexibility index (Phi) is 4.55. The topological polar surface area (TPSA) is 89.9 Å². The molecule has 156 valence electrons. The number of hydrogen-bond acceptors (Lipinski definition) is 6. The van der Waals surface area contributed by atoms with Gasteiger partial charge in [-0.2, -0.15) is 5.10 Å². The number of anilines is 1. The van der Waals surface area contributed by atoms with E-state index in [-0.39, 0.29) is 17.2 Å². The van der Waals surface area contributed by atoms with E-state index in [1.165, 1.54) is 22.3 Å². The van der Waals surface area contributed by atoms with Crippen LogP contribution in [-0.4, -0.2) is 44.7 Å². The molecule has 1 aliphatic rings. The molecule has 0 aliphatic heterocycles. The van der Waals surface area contributed by atoms with Gasteiger partial charge < -0.3 is 10.6 Å².